The molecule has 6 nitrogen and oxygen atoms in total. The van der Waals surface area contributed by atoms with Gasteiger partial charge in [-0.05, 0) is 82.7 Å². The van der Waals surface area contributed by atoms with Crippen molar-refractivity contribution in [2.24, 2.45) is 11.8 Å². The van der Waals surface area contributed by atoms with Crippen molar-refractivity contribution in [3.63, 3.8) is 0 Å². The molecular formula is C48H95NO5. The Bertz CT molecular complexity index is 776. The summed E-state index contributed by atoms with van der Waals surface area (Å²) >= 11 is 0. The van der Waals surface area contributed by atoms with E-state index in [9.17, 15) is 14.7 Å². The van der Waals surface area contributed by atoms with Gasteiger partial charge < -0.3 is 19.5 Å². The lowest BCUT2D eigenvalue weighted by Crippen LogP contribution is -2.28. The Kier molecular flexibility index (Phi) is 42.1. The van der Waals surface area contributed by atoms with E-state index >= 15 is 0 Å². The predicted octanol–water partition coefficient (Wildman–Crippen LogP) is 13.9. The van der Waals surface area contributed by atoms with Crippen LogP contribution in [0, 0.1) is 11.8 Å². The molecule has 0 aromatic rings. The maximum Gasteiger partial charge on any atom is 0.305 e. The van der Waals surface area contributed by atoms with E-state index in [0.717, 1.165) is 64.6 Å². The van der Waals surface area contributed by atoms with Crippen molar-refractivity contribution in [1.82, 2.24) is 4.90 Å². The van der Waals surface area contributed by atoms with Gasteiger partial charge in [-0.25, -0.2) is 0 Å². The molecule has 0 radical (unpaired) electrons. The molecule has 0 aromatic heterocycles. The fourth-order valence-corrected chi connectivity index (χ4v) is 7.70. The molecule has 0 heterocycles. The summed E-state index contributed by atoms with van der Waals surface area (Å²) in [4.78, 5) is 27.7. The zero-order valence-electron chi connectivity index (χ0n) is 37.0. The highest BCUT2D eigenvalue weighted by Gasteiger charge is 2.14. The lowest BCUT2D eigenvalue weighted by molar-refractivity contribution is -0.146. The van der Waals surface area contributed by atoms with E-state index in [-0.39, 0.29) is 18.5 Å². The zero-order chi connectivity index (χ0) is 39.6. The van der Waals surface area contributed by atoms with Crippen LogP contribution in [0.5, 0.6) is 0 Å². The van der Waals surface area contributed by atoms with Crippen molar-refractivity contribution in [3.8, 4) is 0 Å². The molecule has 0 aromatic carbocycles. The van der Waals surface area contributed by atoms with E-state index in [0.29, 0.717) is 37.9 Å². The van der Waals surface area contributed by atoms with Gasteiger partial charge in [0, 0.05) is 26.0 Å². The smallest absolute Gasteiger partial charge is 0.305 e. The monoisotopic (exact) mass is 766 g/mol. The van der Waals surface area contributed by atoms with Crippen molar-refractivity contribution in [1.29, 1.82) is 0 Å². The molecular weight excluding hydrogens is 671 g/mol. The van der Waals surface area contributed by atoms with Crippen LogP contribution < -0.4 is 0 Å². The highest BCUT2D eigenvalue weighted by atomic mass is 16.5. The summed E-state index contributed by atoms with van der Waals surface area (Å²) in [5, 5.41) is 9.44. The molecule has 0 bridgehead atoms. The van der Waals surface area contributed by atoms with Crippen molar-refractivity contribution in [2.75, 3.05) is 39.5 Å². The minimum absolute atomic E-state index is 0.0240. The third-order valence-electron chi connectivity index (χ3n) is 11.4. The van der Waals surface area contributed by atoms with E-state index in [2.05, 4.69) is 32.6 Å². The fourth-order valence-electron chi connectivity index (χ4n) is 7.70. The topological polar surface area (TPSA) is 76.1 Å². The largest absolute Gasteiger partial charge is 0.465 e. The number of carbonyl (C=O) groups excluding carboxylic acids is 2. The van der Waals surface area contributed by atoms with Gasteiger partial charge in [0.2, 0.25) is 0 Å². The van der Waals surface area contributed by atoms with E-state index in [1.807, 2.05) is 0 Å². The van der Waals surface area contributed by atoms with Crippen LogP contribution in [0.4, 0.5) is 0 Å². The number of rotatable bonds is 44. The van der Waals surface area contributed by atoms with Gasteiger partial charge in [0.15, 0.2) is 0 Å². The molecule has 0 rings (SSSR count). The average molecular weight is 766 g/mol. The quantitative estimate of drug-likeness (QED) is 0.0492. The minimum Gasteiger partial charge on any atom is -0.465 e. The maximum absolute atomic E-state index is 12.6. The third-order valence-corrected chi connectivity index (χ3v) is 11.4. The van der Waals surface area contributed by atoms with Crippen molar-refractivity contribution >= 4 is 11.9 Å². The Morgan fingerprint density at radius 1 is 0.407 bits per heavy atom. The number of aliphatic hydroxyl groups is 1. The molecule has 2 atom stereocenters. The number of esters is 2. The van der Waals surface area contributed by atoms with Crippen molar-refractivity contribution < 1.29 is 24.2 Å². The summed E-state index contributed by atoms with van der Waals surface area (Å²) < 4.78 is 11.6. The molecule has 2 unspecified atom stereocenters. The number of carbonyl (C=O) groups is 2. The lowest BCUT2D eigenvalue weighted by Gasteiger charge is -2.22. The Balaban J connectivity index is 4.32. The van der Waals surface area contributed by atoms with E-state index in [1.165, 1.54) is 161 Å². The van der Waals surface area contributed by atoms with E-state index < -0.39 is 0 Å². The first kappa shape index (κ1) is 52.9. The molecule has 0 saturated heterocycles. The Morgan fingerprint density at radius 2 is 0.704 bits per heavy atom. The van der Waals surface area contributed by atoms with E-state index in [4.69, 9.17) is 9.47 Å². The Hall–Kier alpha value is -1.14. The average Bonchev–Trinajstić information content (AvgIpc) is 3.17. The standard InChI is InChI=1S/C48H95NO5/c1-5-9-13-17-19-21-27-36-46(34-25-16-12-8-4)44-54-48(52)38-29-23-31-40-49(41-32-42-50)39-30-22-28-37-47(51)53-43-45(33-24-15-11-7-3)35-26-20-18-14-10-6-2/h45-46,50H,5-44H2,1-4H3. The second kappa shape index (κ2) is 43.0. The normalized spacial score (nSPS) is 12.7. The van der Waals surface area contributed by atoms with E-state index in [1.54, 1.807) is 0 Å². The number of ether oxygens (including phenoxy) is 2. The second-order valence-corrected chi connectivity index (χ2v) is 16.8. The first-order valence-electron chi connectivity index (χ1n) is 24.1. The van der Waals surface area contributed by atoms with Gasteiger partial charge in [-0.3, -0.25) is 9.59 Å². The van der Waals surface area contributed by atoms with Crippen LogP contribution in [0.2, 0.25) is 0 Å². The van der Waals surface area contributed by atoms with Gasteiger partial charge in [0.1, 0.15) is 0 Å². The number of hydrogen-bond acceptors (Lipinski definition) is 6. The molecule has 1 N–H and O–H groups in total. The van der Waals surface area contributed by atoms with Gasteiger partial charge in [0.05, 0.1) is 13.2 Å². The predicted molar refractivity (Wildman–Crippen MR) is 232 cm³/mol. The molecule has 0 aliphatic rings. The summed E-state index contributed by atoms with van der Waals surface area (Å²) in [6.07, 6.45) is 39.9. The lowest BCUT2D eigenvalue weighted by atomic mass is 9.95. The van der Waals surface area contributed by atoms with Crippen LogP contribution in [0.1, 0.15) is 246 Å². The first-order valence-corrected chi connectivity index (χ1v) is 24.1. The van der Waals surface area contributed by atoms with Gasteiger partial charge in [-0.1, -0.05) is 175 Å². The van der Waals surface area contributed by atoms with Crippen molar-refractivity contribution in [2.45, 2.75) is 246 Å². The SMILES string of the molecule is CCCCCCCCCC(CCCCCC)COC(=O)CCCCCN(CCCO)CCCCCC(=O)OCC(CCCCCC)CCCCCCCC. The van der Waals surface area contributed by atoms with Crippen LogP contribution >= 0.6 is 0 Å². The van der Waals surface area contributed by atoms with Gasteiger partial charge >= 0.3 is 11.9 Å². The molecule has 0 aliphatic heterocycles. The number of unbranched alkanes of at least 4 members (excludes halogenated alkanes) is 21. The molecule has 0 amide bonds. The zero-order valence-corrected chi connectivity index (χ0v) is 37.0. The van der Waals surface area contributed by atoms with Crippen LogP contribution in [-0.4, -0.2) is 61.4 Å². The maximum atomic E-state index is 12.6. The number of aliphatic hydroxyl groups excluding tert-OH is 1. The third kappa shape index (κ3) is 37.8. The minimum atomic E-state index is -0.0252. The summed E-state index contributed by atoms with van der Waals surface area (Å²) in [5.41, 5.74) is 0. The van der Waals surface area contributed by atoms with Gasteiger partial charge in [-0.15, -0.1) is 0 Å². The van der Waals surface area contributed by atoms with Crippen LogP contribution in [-0.2, 0) is 19.1 Å². The first-order chi connectivity index (χ1) is 26.5. The fraction of sp³-hybridized carbons (Fsp3) is 0.958. The molecule has 322 valence electrons. The summed E-state index contributed by atoms with van der Waals surface area (Å²) in [6.45, 7) is 13.4. The molecule has 0 aliphatic carbocycles. The molecule has 54 heavy (non-hydrogen) atoms. The number of hydrogen-bond donors (Lipinski definition) is 1. The van der Waals surface area contributed by atoms with Crippen LogP contribution in [0.15, 0.2) is 0 Å². The second-order valence-electron chi connectivity index (χ2n) is 16.8. The molecule has 0 spiro atoms. The highest BCUT2D eigenvalue weighted by Crippen LogP contribution is 2.21. The summed E-state index contributed by atoms with van der Waals surface area (Å²) in [5.74, 6) is 0.987. The summed E-state index contributed by atoms with van der Waals surface area (Å²) in [6, 6.07) is 0. The van der Waals surface area contributed by atoms with Gasteiger partial charge in [0.25, 0.3) is 0 Å². The van der Waals surface area contributed by atoms with Crippen LogP contribution in [0.3, 0.4) is 0 Å². The molecule has 0 saturated carbocycles. The molecule has 6 heteroatoms. The van der Waals surface area contributed by atoms with Gasteiger partial charge in [-0.2, -0.15) is 0 Å². The van der Waals surface area contributed by atoms with Crippen molar-refractivity contribution in [3.05, 3.63) is 0 Å². The highest BCUT2D eigenvalue weighted by molar-refractivity contribution is 5.69. The molecule has 0 fully saturated rings. The summed E-state index contributed by atoms with van der Waals surface area (Å²) in [7, 11) is 0. The Labute approximate surface area is 337 Å². The number of nitrogens with zero attached hydrogens (tertiary/aromatic N) is 1. The Morgan fingerprint density at radius 3 is 1.06 bits per heavy atom. The van der Waals surface area contributed by atoms with Crippen LogP contribution in [0.25, 0.3) is 0 Å².